The summed E-state index contributed by atoms with van der Waals surface area (Å²) in [5.74, 6) is 0.176. The van der Waals surface area contributed by atoms with E-state index in [1.165, 1.54) is 0 Å². The summed E-state index contributed by atoms with van der Waals surface area (Å²) in [6, 6.07) is 3.99. The second kappa shape index (κ2) is 8.71. The van der Waals surface area contributed by atoms with Crippen LogP contribution in [0.5, 0.6) is 0 Å². The van der Waals surface area contributed by atoms with Crippen molar-refractivity contribution in [3.63, 3.8) is 0 Å². The Morgan fingerprint density at radius 1 is 1.28 bits per heavy atom. The van der Waals surface area contributed by atoms with Crippen LogP contribution in [0.1, 0.15) is 17.4 Å². The molecule has 2 fully saturated rings. The van der Waals surface area contributed by atoms with Crippen molar-refractivity contribution in [3.05, 3.63) is 29.6 Å². The molecule has 2 aliphatic heterocycles. The molecule has 7 nitrogen and oxygen atoms in total. The zero-order valence-corrected chi connectivity index (χ0v) is 14.9. The minimum Gasteiger partial charge on any atom is -0.395 e. The van der Waals surface area contributed by atoms with E-state index in [4.69, 9.17) is 9.84 Å². The number of rotatable bonds is 5. The van der Waals surface area contributed by atoms with Gasteiger partial charge in [0.05, 0.1) is 26.3 Å². The first-order valence-corrected chi connectivity index (χ1v) is 9.03. The number of aromatic nitrogens is 1. The SMILES string of the molecule is Cc1cc([C@@H]2CN(C(=O)CN3CCN(CCO)CC3)CCO2)ccn1. The summed E-state index contributed by atoms with van der Waals surface area (Å²) >= 11 is 0. The topological polar surface area (TPSA) is 69.1 Å². The molecule has 0 aliphatic carbocycles. The van der Waals surface area contributed by atoms with Gasteiger partial charge in [0.2, 0.25) is 5.91 Å². The molecule has 3 heterocycles. The van der Waals surface area contributed by atoms with E-state index in [0.29, 0.717) is 26.2 Å². The second-order valence-corrected chi connectivity index (χ2v) is 6.77. The highest BCUT2D eigenvalue weighted by Gasteiger charge is 2.27. The maximum Gasteiger partial charge on any atom is 0.236 e. The minimum absolute atomic E-state index is 0.0687. The van der Waals surface area contributed by atoms with Crippen molar-refractivity contribution in [2.45, 2.75) is 13.0 Å². The highest BCUT2D eigenvalue weighted by molar-refractivity contribution is 5.78. The predicted molar refractivity (Wildman–Crippen MR) is 94.2 cm³/mol. The van der Waals surface area contributed by atoms with Gasteiger partial charge in [-0.05, 0) is 24.6 Å². The molecule has 0 bridgehead atoms. The number of amides is 1. The number of ether oxygens (including phenoxy) is 1. The molecule has 138 valence electrons. The Morgan fingerprint density at radius 3 is 2.76 bits per heavy atom. The van der Waals surface area contributed by atoms with Crippen LogP contribution in [-0.4, -0.2) is 96.3 Å². The van der Waals surface area contributed by atoms with Gasteiger partial charge >= 0.3 is 0 Å². The standard InChI is InChI=1S/C18H28N4O3/c1-15-12-16(2-3-19-15)17-13-22(9-11-25-17)18(24)14-21-6-4-20(5-7-21)8-10-23/h2-3,12,17,23H,4-11,13-14H2,1H3/t17-/m0/s1. The number of aryl methyl sites for hydroxylation is 1. The molecule has 1 aromatic rings. The average Bonchev–Trinajstić information content (AvgIpc) is 2.64. The van der Waals surface area contributed by atoms with E-state index >= 15 is 0 Å². The molecule has 2 saturated heterocycles. The molecule has 0 spiro atoms. The Morgan fingerprint density at radius 2 is 2.04 bits per heavy atom. The largest absolute Gasteiger partial charge is 0.395 e. The van der Waals surface area contributed by atoms with E-state index in [2.05, 4.69) is 14.8 Å². The number of aliphatic hydroxyl groups is 1. The molecule has 0 radical (unpaired) electrons. The third-order valence-electron chi connectivity index (χ3n) is 4.95. The van der Waals surface area contributed by atoms with Crippen LogP contribution < -0.4 is 0 Å². The van der Waals surface area contributed by atoms with Crippen molar-refractivity contribution in [2.75, 3.05) is 65.6 Å². The van der Waals surface area contributed by atoms with Crippen molar-refractivity contribution < 1.29 is 14.6 Å². The lowest BCUT2D eigenvalue weighted by Gasteiger charge is -2.37. The summed E-state index contributed by atoms with van der Waals surface area (Å²) in [5, 5.41) is 9.00. The number of piperazine rings is 1. The number of carbonyl (C=O) groups is 1. The van der Waals surface area contributed by atoms with Crippen LogP contribution in [0.15, 0.2) is 18.3 Å². The van der Waals surface area contributed by atoms with Gasteiger partial charge in [0.25, 0.3) is 0 Å². The van der Waals surface area contributed by atoms with E-state index in [1.54, 1.807) is 6.20 Å². The number of hydrogen-bond acceptors (Lipinski definition) is 6. The summed E-state index contributed by atoms with van der Waals surface area (Å²) < 4.78 is 5.86. The van der Waals surface area contributed by atoms with Gasteiger partial charge in [-0.25, -0.2) is 0 Å². The van der Waals surface area contributed by atoms with E-state index in [1.807, 2.05) is 24.0 Å². The lowest BCUT2D eigenvalue weighted by atomic mass is 10.1. The lowest BCUT2D eigenvalue weighted by molar-refractivity contribution is -0.140. The van der Waals surface area contributed by atoms with Crippen LogP contribution in [0.4, 0.5) is 0 Å². The first kappa shape index (κ1) is 18.3. The van der Waals surface area contributed by atoms with Gasteiger partial charge < -0.3 is 14.7 Å². The Labute approximate surface area is 149 Å². The van der Waals surface area contributed by atoms with Crippen molar-refractivity contribution in [3.8, 4) is 0 Å². The highest BCUT2D eigenvalue weighted by atomic mass is 16.5. The fourth-order valence-electron chi connectivity index (χ4n) is 3.45. The van der Waals surface area contributed by atoms with Crippen LogP contribution in [0, 0.1) is 6.92 Å². The molecule has 1 atom stereocenters. The summed E-state index contributed by atoms with van der Waals surface area (Å²) in [5.41, 5.74) is 2.05. The van der Waals surface area contributed by atoms with E-state index < -0.39 is 0 Å². The molecule has 1 amide bonds. The molecule has 0 saturated carbocycles. The van der Waals surface area contributed by atoms with Crippen molar-refractivity contribution in [1.29, 1.82) is 0 Å². The van der Waals surface area contributed by atoms with Gasteiger partial charge in [-0.3, -0.25) is 19.6 Å². The van der Waals surface area contributed by atoms with Gasteiger partial charge in [-0.15, -0.1) is 0 Å². The number of β-amino-alcohol motifs (C(OH)–C–C–N with tert-alkyl or cyclic N) is 1. The monoisotopic (exact) mass is 348 g/mol. The Hall–Kier alpha value is -1.54. The molecule has 0 unspecified atom stereocenters. The number of nitrogens with zero attached hydrogens (tertiary/aromatic N) is 4. The molecular weight excluding hydrogens is 320 g/mol. The maximum atomic E-state index is 12.7. The molecule has 3 rings (SSSR count). The van der Waals surface area contributed by atoms with Crippen molar-refractivity contribution in [1.82, 2.24) is 19.7 Å². The predicted octanol–water partition coefficient (Wildman–Crippen LogP) is -0.100. The van der Waals surface area contributed by atoms with Gasteiger partial charge in [0.1, 0.15) is 6.10 Å². The lowest BCUT2D eigenvalue weighted by Crippen LogP contribution is -2.52. The number of morpholine rings is 1. The van der Waals surface area contributed by atoms with Crippen LogP contribution in [-0.2, 0) is 9.53 Å². The second-order valence-electron chi connectivity index (χ2n) is 6.77. The number of hydrogen-bond donors (Lipinski definition) is 1. The van der Waals surface area contributed by atoms with E-state index in [9.17, 15) is 4.79 Å². The van der Waals surface area contributed by atoms with E-state index in [-0.39, 0.29) is 18.6 Å². The van der Waals surface area contributed by atoms with Crippen LogP contribution in [0.2, 0.25) is 0 Å². The molecule has 2 aliphatic rings. The fraction of sp³-hybridized carbons (Fsp3) is 0.667. The number of aliphatic hydroxyl groups excluding tert-OH is 1. The minimum atomic E-state index is -0.0687. The summed E-state index contributed by atoms with van der Waals surface area (Å²) in [6.45, 7) is 8.76. The van der Waals surface area contributed by atoms with Crippen LogP contribution >= 0.6 is 0 Å². The average molecular weight is 348 g/mol. The van der Waals surface area contributed by atoms with E-state index in [0.717, 1.165) is 44.0 Å². The van der Waals surface area contributed by atoms with Crippen LogP contribution in [0.25, 0.3) is 0 Å². The first-order chi connectivity index (χ1) is 12.2. The number of carbonyl (C=O) groups excluding carboxylic acids is 1. The van der Waals surface area contributed by atoms with Gasteiger partial charge in [-0.1, -0.05) is 0 Å². The summed E-state index contributed by atoms with van der Waals surface area (Å²) in [6.07, 6.45) is 1.72. The fourth-order valence-corrected chi connectivity index (χ4v) is 3.45. The Balaban J connectivity index is 1.50. The van der Waals surface area contributed by atoms with Crippen LogP contribution in [0.3, 0.4) is 0 Å². The van der Waals surface area contributed by atoms with Gasteiger partial charge in [0, 0.05) is 51.2 Å². The number of pyridine rings is 1. The normalized spacial score (nSPS) is 23.0. The Kier molecular flexibility index (Phi) is 6.36. The summed E-state index contributed by atoms with van der Waals surface area (Å²) in [4.78, 5) is 23.3. The third kappa shape index (κ3) is 4.98. The van der Waals surface area contributed by atoms with Crippen molar-refractivity contribution >= 4 is 5.91 Å². The van der Waals surface area contributed by atoms with Crippen molar-refractivity contribution in [2.24, 2.45) is 0 Å². The molecule has 7 heteroatoms. The zero-order valence-electron chi connectivity index (χ0n) is 14.9. The van der Waals surface area contributed by atoms with Gasteiger partial charge in [0.15, 0.2) is 0 Å². The molecule has 0 aromatic carbocycles. The first-order valence-electron chi connectivity index (χ1n) is 9.03. The molecule has 25 heavy (non-hydrogen) atoms. The zero-order chi connectivity index (χ0) is 17.6. The maximum absolute atomic E-state index is 12.7. The molecule has 1 aromatic heterocycles. The molecule has 1 N–H and O–H groups in total. The third-order valence-corrected chi connectivity index (χ3v) is 4.95. The van der Waals surface area contributed by atoms with Gasteiger partial charge in [-0.2, -0.15) is 0 Å². The Bertz CT molecular complexity index is 575. The molecular formula is C18H28N4O3. The quantitative estimate of drug-likeness (QED) is 0.801. The summed E-state index contributed by atoms with van der Waals surface area (Å²) in [7, 11) is 0. The smallest absolute Gasteiger partial charge is 0.236 e. The highest BCUT2D eigenvalue weighted by Crippen LogP contribution is 2.22.